The van der Waals surface area contributed by atoms with E-state index in [0.717, 1.165) is 6.42 Å². The van der Waals surface area contributed by atoms with Crippen LogP contribution in [0.15, 0.2) is 73.1 Å². The average Bonchev–Trinajstić information content (AvgIpc) is 2.80. The highest BCUT2D eigenvalue weighted by atomic mass is 14.6. The Morgan fingerprint density at radius 3 is 1.86 bits per heavy atom. The summed E-state index contributed by atoms with van der Waals surface area (Å²) in [4.78, 5) is 7.50. The van der Waals surface area contributed by atoms with Crippen molar-refractivity contribution in [3.05, 3.63) is 84.8 Å². The molecule has 0 atom stereocenters. The first-order valence-corrected chi connectivity index (χ1v) is 10.3. The van der Waals surface area contributed by atoms with Gasteiger partial charge in [0.05, 0.1) is 0 Å². The monoisotopic (exact) mass is 384 g/mol. The number of aryl methyl sites for hydroxylation is 2. The number of hydrogen-bond acceptors (Lipinski definition) is 2. The molecule has 0 saturated carbocycles. The lowest BCUT2D eigenvalue weighted by Crippen LogP contribution is -1.79. The summed E-state index contributed by atoms with van der Waals surface area (Å²) in [6.45, 7) is 25.1. The van der Waals surface area contributed by atoms with Gasteiger partial charge in [-0.15, -0.1) is 0 Å². The molecule has 1 heterocycles. The molecule has 0 bridgehead atoms. The lowest BCUT2D eigenvalue weighted by molar-refractivity contribution is 1.14. The van der Waals surface area contributed by atoms with Crippen LogP contribution in [0.25, 0.3) is 6.08 Å². The van der Waals surface area contributed by atoms with Gasteiger partial charge >= 0.3 is 0 Å². The molecule has 2 aromatic rings. The second kappa shape index (κ2) is 32.2. The van der Waals surface area contributed by atoms with Crippen LogP contribution < -0.4 is 0 Å². The van der Waals surface area contributed by atoms with Gasteiger partial charge in [0, 0.05) is 24.8 Å². The van der Waals surface area contributed by atoms with Crippen molar-refractivity contribution in [2.24, 2.45) is 4.99 Å². The van der Waals surface area contributed by atoms with E-state index >= 15 is 0 Å². The second-order valence-electron chi connectivity index (χ2n) is 4.42. The molecule has 2 heteroatoms. The maximum Gasteiger partial charge on any atom is 0.0297 e. The van der Waals surface area contributed by atoms with Crippen LogP contribution in [0, 0.1) is 6.92 Å². The molecule has 0 radical (unpaired) electrons. The Hall–Kier alpha value is -2.48. The van der Waals surface area contributed by atoms with Gasteiger partial charge in [0.25, 0.3) is 0 Å². The first kappa shape index (κ1) is 33.1. The topological polar surface area (TPSA) is 25.2 Å². The first-order valence-electron chi connectivity index (χ1n) is 10.3. The van der Waals surface area contributed by atoms with Gasteiger partial charge < -0.3 is 0 Å². The van der Waals surface area contributed by atoms with Gasteiger partial charge in [-0.1, -0.05) is 98.0 Å². The molecular weight excluding hydrogens is 340 g/mol. The summed E-state index contributed by atoms with van der Waals surface area (Å²) in [5.41, 5.74) is 3.79. The van der Waals surface area contributed by atoms with Gasteiger partial charge in [0.2, 0.25) is 0 Å². The smallest absolute Gasteiger partial charge is 0.0297 e. The number of pyridine rings is 1. The van der Waals surface area contributed by atoms with E-state index in [4.69, 9.17) is 0 Å². The third-order valence-corrected chi connectivity index (χ3v) is 2.66. The number of aliphatic imine (C=N–C) groups is 1. The number of hydrogen-bond donors (Lipinski definition) is 0. The molecule has 0 aliphatic carbocycles. The number of rotatable bonds is 3. The minimum atomic E-state index is 1.10. The fourth-order valence-corrected chi connectivity index (χ4v) is 1.49. The maximum atomic E-state index is 3.88. The summed E-state index contributed by atoms with van der Waals surface area (Å²) in [5, 5.41) is 0. The molecule has 1 aromatic heterocycles. The van der Waals surface area contributed by atoms with Crippen molar-refractivity contribution in [1.29, 1.82) is 0 Å². The van der Waals surface area contributed by atoms with E-state index < -0.39 is 0 Å². The Morgan fingerprint density at radius 2 is 1.57 bits per heavy atom. The van der Waals surface area contributed by atoms with Crippen LogP contribution in [-0.2, 0) is 6.42 Å². The molecule has 0 spiro atoms. The normalized spacial score (nSPS) is 7.75. The fourth-order valence-electron chi connectivity index (χ4n) is 1.49. The molecule has 0 unspecified atom stereocenters. The van der Waals surface area contributed by atoms with Crippen molar-refractivity contribution in [2.45, 2.75) is 68.7 Å². The van der Waals surface area contributed by atoms with Crippen LogP contribution in [0.3, 0.4) is 0 Å². The van der Waals surface area contributed by atoms with E-state index in [2.05, 4.69) is 54.3 Å². The Bertz CT molecular complexity index is 558. The van der Waals surface area contributed by atoms with Crippen LogP contribution in [0.1, 0.15) is 72.1 Å². The Morgan fingerprint density at radius 1 is 0.964 bits per heavy atom. The van der Waals surface area contributed by atoms with Crippen molar-refractivity contribution < 1.29 is 0 Å². The zero-order valence-electron chi connectivity index (χ0n) is 19.9. The van der Waals surface area contributed by atoms with Gasteiger partial charge in [-0.3, -0.25) is 9.98 Å². The van der Waals surface area contributed by atoms with Gasteiger partial charge in [-0.25, -0.2) is 0 Å². The molecule has 0 amide bonds. The van der Waals surface area contributed by atoms with Crippen molar-refractivity contribution in [3.8, 4) is 0 Å². The molecule has 1 aromatic carbocycles. The Labute approximate surface area is 176 Å². The maximum absolute atomic E-state index is 3.88. The summed E-state index contributed by atoms with van der Waals surface area (Å²) >= 11 is 0. The van der Waals surface area contributed by atoms with E-state index in [-0.39, 0.29) is 0 Å². The van der Waals surface area contributed by atoms with Crippen molar-refractivity contribution in [2.75, 3.05) is 0 Å². The Kier molecular flexibility index (Phi) is 38.1. The van der Waals surface area contributed by atoms with Crippen LogP contribution in [0.4, 0.5) is 0 Å². The van der Waals surface area contributed by atoms with E-state index in [0.29, 0.717) is 0 Å². The zero-order valence-corrected chi connectivity index (χ0v) is 19.9. The molecule has 28 heavy (non-hydrogen) atoms. The second-order valence-corrected chi connectivity index (χ2v) is 4.42. The van der Waals surface area contributed by atoms with Gasteiger partial charge in [0.1, 0.15) is 0 Å². The van der Waals surface area contributed by atoms with Crippen LogP contribution in [0.2, 0.25) is 0 Å². The van der Waals surface area contributed by atoms with Crippen LogP contribution in [-0.4, -0.2) is 11.2 Å². The van der Waals surface area contributed by atoms with Gasteiger partial charge in [0.15, 0.2) is 0 Å². The van der Waals surface area contributed by atoms with Crippen molar-refractivity contribution in [1.82, 2.24) is 4.98 Å². The van der Waals surface area contributed by atoms with Gasteiger partial charge in [-0.2, -0.15) is 0 Å². The lowest BCUT2D eigenvalue weighted by atomic mass is 10.1. The SMILES string of the molecule is C=CN=CC.C=Cc1cccc(CC)c1.CC.CC.CC.Cc1cccnc1. The summed E-state index contributed by atoms with van der Waals surface area (Å²) in [6, 6.07) is 12.4. The predicted octanol–water partition coefficient (Wildman–Crippen LogP) is 8.58. The quantitative estimate of drug-likeness (QED) is 0.486. The number of nitrogens with zero attached hydrogens (tertiary/aromatic N) is 2. The van der Waals surface area contributed by atoms with Gasteiger partial charge in [-0.05, 0) is 43.0 Å². The molecule has 2 rings (SSSR count). The summed E-state index contributed by atoms with van der Waals surface area (Å²) in [7, 11) is 0. The zero-order chi connectivity index (χ0) is 22.6. The minimum absolute atomic E-state index is 1.10. The highest BCUT2D eigenvalue weighted by molar-refractivity contribution is 5.53. The third kappa shape index (κ3) is 25.8. The van der Waals surface area contributed by atoms with E-state index in [9.17, 15) is 0 Å². The Balaban J connectivity index is -0.000000141. The van der Waals surface area contributed by atoms with Crippen LogP contribution >= 0.6 is 0 Å². The molecule has 158 valence electrons. The molecular formula is C26H44N2. The molecule has 0 aliphatic heterocycles. The molecule has 0 saturated heterocycles. The number of aromatic nitrogens is 1. The standard InChI is InChI=1S/C10H12.C6H7N.C4H7N.3C2H6/c1-3-9-6-5-7-10(4-2)8-9;1-6-3-2-4-7-5-6;1-3-5-4-2;3*1-2/h3,5-8H,1,4H2,2H3;2-5H,1H3;3-4H,1H2,2H3;3*1-2H3. The van der Waals surface area contributed by atoms with E-state index in [1.807, 2.05) is 79.8 Å². The first-order chi connectivity index (χ1) is 13.7. The van der Waals surface area contributed by atoms with Crippen molar-refractivity contribution >= 4 is 12.3 Å². The van der Waals surface area contributed by atoms with Crippen LogP contribution in [0.5, 0.6) is 0 Å². The minimum Gasteiger partial charge on any atom is -0.270 e. The third-order valence-electron chi connectivity index (χ3n) is 2.66. The lowest BCUT2D eigenvalue weighted by Gasteiger charge is -1.96. The van der Waals surface area contributed by atoms with E-state index in [1.54, 1.807) is 12.4 Å². The molecule has 2 nitrogen and oxygen atoms in total. The summed E-state index contributed by atoms with van der Waals surface area (Å²) < 4.78 is 0. The molecule has 0 N–H and O–H groups in total. The number of benzene rings is 1. The average molecular weight is 385 g/mol. The largest absolute Gasteiger partial charge is 0.270 e. The van der Waals surface area contributed by atoms with E-state index in [1.165, 1.54) is 22.9 Å². The molecule has 0 aliphatic rings. The molecule has 0 fully saturated rings. The summed E-state index contributed by atoms with van der Waals surface area (Å²) in [6.07, 6.45) is 9.76. The highest BCUT2D eigenvalue weighted by Gasteiger charge is 1.87. The highest BCUT2D eigenvalue weighted by Crippen LogP contribution is 2.06. The fraction of sp³-hybridized carbons (Fsp3) is 0.385. The summed E-state index contributed by atoms with van der Waals surface area (Å²) in [5.74, 6) is 0. The predicted molar refractivity (Wildman–Crippen MR) is 133 cm³/mol. The van der Waals surface area contributed by atoms with Crippen molar-refractivity contribution in [3.63, 3.8) is 0 Å².